The summed E-state index contributed by atoms with van der Waals surface area (Å²) in [6.45, 7) is 5.90. The third kappa shape index (κ3) is 3.30. The minimum Gasteiger partial charge on any atom is -0.476 e. The molecular weight excluding hydrogens is 228 g/mol. The lowest BCUT2D eigenvalue weighted by molar-refractivity contribution is 0.0686. The highest BCUT2D eigenvalue weighted by molar-refractivity contribution is 8.00. The van der Waals surface area contributed by atoms with E-state index in [-0.39, 0.29) is 16.0 Å². The molecule has 0 amide bonds. The van der Waals surface area contributed by atoms with E-state index in [1.165, 1.54) is 18.0 Å². The number of carbonyl (C=O) groups excluding carboxylic acids is 1. The summed E-state index contributed by atoms with van der Waals surface area (Å²) in [6, 6.07) is 0. The molecule has 1 heterocycles. The van der Waals surface area contributed by atoms with E-state index in [1.807, 2.05) is 20.8 Å². The number of thioether (sulfide) groups is 1. The Morgan fingerprint density at radius 3 is 2.56 bits per heavy atom. The Morgan fingerprint density at radius 1 is 1.50 bits per heavy atom. The molecule has 0 fully saturated rings. The van der Waals surface area contributed by atoms with E-state index in [0.717, 1.165) is 0 Å². The zero-order chi connectivity index (χ0) is 12.3. The summed E-state index contributed by atoms with van der Waals surface area (Å²) in [4.78, 5) is 29.2. The van der Waals surface area contributed by atoms with Crippen molar-refractivity contribution in [3.05, 3.63) is 17.5 Å². The lowest BCUT2D eigenvalue weighted by Gasteiger charge is -2.15. The van der Waals surface area contributed by atoms with Gasteiger partial charge in [-0.2, -0.15) is 0 Å². The summed E-state index contributed by atoms with van der Waals surface area (Å²) in [7, 11) is 0. The first kappa shape index (κ1) is 12.6. The molecule has 0 bridgehead atoms. The predicted molar refractivity (Wildman–Crippen MR) is 60.0 cm³/mol. The average Bonchev–Trinajstić information content (AvgIpc) is 2.15. The highest BCUT2D eigenvalue weighted by atomic mass is 32.2. The van der Waals surface area contributed by atoms with E-state index in [4.69, 9.17) is 5.11 Å². The van der Waals surface area contributed by atoms with Gasteiger partial charge >= 0.3 is 5.97 Å². The zero-order valence-electron chi connectivity index (χ0n) is 9.22. The molecule has 0 aromatic carbocycles. The van der Waals surface area contributed by atoms with Crippen LogP contribution in [-0.2, 0) is 0 Å². The van der Waals surface area contributed by atoms with Crippen LogP contribution in [0.25, 0.3) is 0 Å². The number of rotatable bonds is 3. The highest BCUT2D eigenvalue weighted by Crippen LogP contribution is 2.29. The molecule has 1 aromatic heterocycles. The first-order valence-corrected chi connectivity index (χ1v) is 5.39. The van der Waals surface area contributed by atoms with Crippen LogP contribution in [0.2, 0.25) is 0 Å². The first-order valence-electron chi connectivity index (χ1n) is 4.58. The molecular formula is C10H12N2O3S. The standard InChI is InChI=1S/C10H12N2O3S/c1-10(2,3)16-9-11-4-6(5-13)7(12-9)8(14)15/h4-5H,1-3H3,(H,14,15). The van der Waals surface area contributed by atoms with Crippen molar-refractivity contribution in [3.8, 4) is 0 Å². The lowest BCUT2D eigenvalue weighted by Crippen LogP contribution is -2.12. The third-order valence-corrected chi connectivity index (χ3v) is 2.51. The number of carbonyl (C=O) groups is 2. The van der Waals surface area contributed by atoms with Crippen molar-refractivity contribution in [2.24, 2.45) is 0 Å². The zero-order valence-corrected chi connectivity index (χ0v) is 10.0. The number of hydrogen-bond acceptors (Lipinski definition) is 5. The maximum Gasteiger partial charge on any atom is 0.355 e. The fourth-order valence-electron chi connectivity index (χ4n) is 0.956. The second-order valence-corrected chi connectivity index (χ2v) is 5.89. The van der Waals surface area contributed by atoms with Gasteiger partial charge in [-0.05, 0) is 0 Å². The lowest BCUT2D eigenvalue weighted by atomic mass is 10.2. The molecule has 0 spiro atoms. The van der Waals surface area contributed by atoms with Crippen molar-refractivity contribution in [2.45, 2.75) is 30.7 Å². The Balaban J connectivity index is 3.12. The molecule has 0 atom stereocenters. The van der Waals surface area contributed by atoms with Crippen LogP contribution in [0.5, 0.6) is 0 Å². The van der Waals surface area contributed by atoms with Gasteiger partial charge in [0.15, 0.2) is 17.1 Å². The van der Waals surface area contributed by atoms with Crippen molar-refractivity contribution in [3.63, 3.8) is 0 Å². The quantitative estimate of drug-likeness (QED) is 0.493. The second kappa shape index (κ2) is 4.61. The van der Waals surface area contributed by atoms with E-state index < -0.39 is 5.97 Å². The molecule has 1 aromatic rings. The van der Waals surface area contributed by atoms with Gasteiger partial charge < -0.3 is 5.11 Å². The molecule has 6 heteroatoms. The maximum atomic E-state index is 10.8. The first-order chi connectivity index (χ1) is 7.33. The molecule has 0 saturated heterocycles. The Labute approximate surface area is 97.3 Å². The van der Waals surface area contributed by atoms with Gasteiger partial charge in [0, 0.05) is 10.9 Å². The number of hydrogen-bond donors (Lipinski definition) is 1. The number of aromatic nitrogens is 2. The van der Waals surface area contributed by atoms with Gasteiger partial charge in [0.05, 0.1) is 5.56 Å². The number of aldehydes is 1. The Morgan fingerprint density at radius 2 is 2.12 bits per heavy atom. The smallest absolute Gasteiger partial charge is 0.355 e. The summed E-state index contributed by atoms with van der Waals surface area (Å²) in [6.07, 6.45) is 1.67. The molecule has 5 nitrogen and oxygen atoms in total. The van der Waals surface area contributed by atoms with Crippen LogP contribution in [0.15, 0.2) is 11.4 Å². The molecule has 1 rings (SSSR count). The average molecular weight is 240 g/mol. The van der Waals surface area contributed by atoms with E-state index in [9.17, 15) is 9.59 Å². The van der Waals surface area contributed by atoms with E-state index in [1.54, 1.807) is 0 Å². The number of nitrogens with zero attached hydrogens (tertiary/aromatic N) is 2. The fourth-order valence-corrected chi connectivity index (χ4v) is 1.75. The molecule has 0 unspecified atom stereocenters. The molecule has 0 radical (unpaired) electrons. The van der Waals surface area contributed by atoms with Crippen molar-refractivity contribution in [2.75, 3.05) is 0 Å². The minimum absolute atomic E-state index is 0.00856. The molecule has 0 saturated carbocycles. The van der Waals surface area contributed by atoms with Crippen LogP contribution in [0, 0.1) is 0 Å². The van der Waals surface area contributed by atoms with Gasteiger partial charge in [-0.15, -0.1) is 0 Å². The number of carboxylic acid groups (broad SMARTS) is 1. The van der Waals surface area contributed by atoms with E-state index in [2.05, 4.69) is 9.97 Å². The summed E-state index contributed by atoms with van der Waals surface area (Å²) in [5.41, 5.74) is -0.262. The van der Waals surface area contributed by atoms with Crippen LogP contribution < -0.4 is 0 Å². The van der Waals surface area contributed by atoms with Gasteiger partial charge in [-0.3, -0.25) is 4.79 Å². The molecule has 0 aliphatic carbocycles. The van der Waals surface area contributed by atoms with Gasteiger partial charge in [-0.25, -0.2) is 14.8 Å². The second-order valence-electron chi connectivity index (χ2n) is 4.09. The van der Waals surface area contributed by atoms with Crippen LogP contribution in [0.4, 0.5) is 0 Å². The molecule has 86 valence electrons. The van der Waals surface area contributed by atoms with Crippen LogP contribution >= 0.6 is 11.8 Å². The van der Waals surface area contributed by atoms with Crippen molar-refractivity contribution in [1.82, 2.24) is 9.97 Å². The largest absolute Gasteiger partial charge is 0.476 e. The topological polar surface area (TPSA) is 80.2 Å². The van der Waals surface area contributed by atoms with Gasteiger partial charge in [0.2, 0.25) is 0 Å². The molecule has 1 N–H and O–H groups in total. The monoisotopic (exact) mass is 240 g/mol. The van der Waals surface area contributed by atoms with Crippen molar-refractivity contribution >= 4 is 24.0 Å². The predicted octanol–water partition coefficient (Wildman–Crippen LogP) is 1.88. The summed E-state index contributed by atoms with van der Waals surface area (Å²) >= 11 is 1.35. The maximum absolute atomic E-state index is 10.8. The highest BCUT2D eigenvalue weighted by Gasteiger charge is 2.18. The molecule has 16 heavy (non-hydrogen) atoms. The Hall–Kier alpha value is -1.43. The minimum atomic E-state index is -1.22. The van der Waals surface area contributed by atoms with E-state index in [0.29, 0.717) is 11.4 Å². The summed E-state index contributed by atoms with van der Waals surface area (Å²) in [5.74, 6) is -1.22. The number of aromatic carboxylic acids is 1. The van der Waals surface area contributed by atoms with Crippen LogP contribution in [0.1, 0.15) is 41.6 Å². The van der Waals surface area contributed by atoms with Crippen LogP contribution in [0.3, 0.4) is 0 Å². The molecule has 0 aliphatic rings. The molecule has 0 aliphatic heterocycles. The van der Waals surface area contributed by atoms with Gasteiger partial charge in [0.25, 0.3) is 0 Å². The third-order valence-electron chi connectivity index (χ3n) is 1.52. The SMILES string of the molecule is CC(C)(C)Sc1ncc(C=O)c(C(=O)O)n1. The van der Waals surface area contributed by atoms with Crippen molar-refractivity contribution < 1.29 is 14.7 Å². The summed E-state index contributed by atoms with van der Waals surface area (Å²) < 4.78 is -0.113. The summed E-state index contributed by atoms with van der Waals surface area (Å²) in [5, 5.41) is 9.22. The van der Waals surface area contributed by atoms with E-state index >= 15 is 0 Å². The van der Waals surface area contributed by atoms with Crippen LogP contribution in [-0.4, -0.2) is 32.1 Å². The Kier molecular flexibility index (Phi) is 3.64. The normalized spacial score (nSPS) is 11.2. The number of carboxylic acids is 1. The van der Waals surface area contributed by atoms with Gasteiger partial charge in [-0.1, -0.05) is 32.5 Å². The Bertz CT molecular complexity index is 427. The van der Waals surface area contributed by atoms with Crippen molar-refractivity contribution in [1.29, 1.82) is 0 Å². The van der Waals surface area contributed by atoms with Gasteiger partial charge in [0.1, 0.15) is 0 Å². The fraction of sp³-hybridized carbons (Fsp3) is 0.400.